The Kier molecular flexibility index (Phi) is 6.33. The molecule has 0 unspecified atom stereocenters. The van der Waals surface area contributed by atoms with Crippen molar-refractivity contribution >= 4 is 50.8 Å². The molecule has 3 aromatic rings. The number of aromatic nitrogens is 1. The van der Waals surface area contributed by atoms with Crippen LogP contribution in [0.1, 0.15) is 17.3 Å². The molecule has 9 nitrogen and oxygen atoms in total. The molecule has 2 heterocycles. The maximum atomic E-state index is 12.4. The van der Waals surface area contributed by atoms with Crippen LogP contribution in [0.25, 0.3) is 6.08 Å². The number of thiocarbonyl (C=S) groups is 1. The first-order chi connectivity index (χ1) is 14.2. The van der Waals surface area contributed by atoms with Crippen molar-refractivity contribution in [2.45, 2.75) is 18.7 Å². The molecule has 1 aromatic carbocycles. The fraction of sp³-hybridized carbons (Fsp3) is 0.105. The molecular weight excluding hydrogens is 428 g/mol. The third kappa shape index (κ3) is 5.78. The number of aryl methyl sites for hydroxylation is 2. The van der Waals surface area contributed by atoms with Gasteiger partial charge >= 0.3 is 0 Å². The van der Waals surface area contributed by atoms with Crippen molar-refractivity contribution in [1.82, 2.24) is 10.5 Å². The van der Waals surface area contributed by atoms with Crippen molar-refractivity contribution in [3.8, 4) is 0 Å². The molecule has 0 aliphatic carbocycles. The van der Waals surface area contributed by atoms with Gasteiger partial charge in [-0.25, -0.2) is 8.42 Å². The first kappa shape index (κ1) is 21.3. The number of hydrogen-bond donors (Lipinski definition) is 3. The van der Waals surface area contributed by atoms with Crippen LogP contribution in [0.2, 0.25) is 0 Å². The van der Waals surface area contributed by atoms with E-state index in [2.05, 4.69) is 20.5 Å². The second-order valence-corrected chi connectivity index (χ2v) is 8.27. The lowest BCUT2D eigenvalue weighted by Crippen LogP contribution is -2.32. The summed E-state index contributed by atoms with van der Waals surface area (Å²) in [6.07, 6.45) is 2.81. The summed E-state index contributed by atoms with van der Waals surface area (Å²) in [5, 5.41) is 8.96. The Balaban J connectivity index is 1.56. The molecule has 156 valence electrons. The van der Waals surface area contributed by atoms with Gasteiger partial charge in [-0.15, -0.1) is 0 Å². The largest absolute Gasteiger partial charge is 0.462 e. The van der Waals surface area contributed by atoms with E-state index < -0.39 is 15.9 Å². The van der Waals surface area contributed by atoms with Crippen LogP contribution >= 0.6 is 12.2 Å². The van der Waals surface area contributed by atoms with Crippen molar-refractivity contribution in [1.29, 1.82) is 0 Å². The molecule has 0 aliphatic heterocycles. The maximum Gasteiger partial charge on any atom is 0.263 e. The average molecular weight is 447 g/mol. The van der Waals surface area contributed by atoms with Crippen molar-refractivity contribution in [2.24, 2.45) is 0 Å². The van der Waals surface area contributed by atoms with Gasteiger partial charge in [0.15, 0.2) is 10.9 Å². The van der Waals surface area contributed by atoms with Crippen molar-refractivity contribution in [3.05, 3.63) is 65.8 Å². The zero-order valence-corrected chi connectivity index (χ0v) is 17.6. The predicted molar refractivity (Wildman–Crippen MR) is 115 cm³/mol. The zero-order valence-electron chi connectivity index (χ0n) is 16.0. The van der Waals surface area contributed by atoms with Gasteiger partial charge < -0.3 is 14.3 Å². The number of hydrogen-bond acceptors (Lipinski definition) is 7. The number of benzene rings is 1. The molecule has 0 saturated heterocycles. The van der Waals surface area contributed by atoms with Gasteiger partial charge in [-0.1, -0.05) is 5.16 Å². The van der Waals surface area contributed by atoms with Crippen LogP contribution in [0.3, 0.4) is 0 Å². The molecule has 3 N–H and O–H groups in total. The summed E-state index contributed by atoms with van der Waals surface area (Å²) in [5.41, 5.74) is 0.502. The fourth-order valence-electron chi connectivity index (χ4n) is 2.35. The summed E-state index contributed by atoms with van der Waals surface area (Å²) >= 11 is 5.09. The zero-order chi connectivity index (χ0) is 21.7. The monoisotopic (exact) mass is 446 g/mol. The Morgan fingerprint density at radius 3 is 2.43 bits per heavy atom. The van der Waals surface area contributed by atoms with E-state index in [4.69, 9.17) is 21.2 Å². The van der Waals surface area contributed by atoms with Crippen LogP contribution in [0, 0.1) is 13.8 Å². The van der Waals surface area contributed by atoms with Gasteiger partial charge in [0.25, 0.3) is 10.0 Å². The molecule has 1 amide bonds. The molecular formula is C19H18N4O5S2. The molecule has 0 saturated carbocycles. The molecule has 0 spiro atoms. The second-order valence-electron chi connectivity index (χ2n) is 6.18. The van der Waals surface area contributed by atoms with E-state index in [0.29, 0.717) is 17.2 Å². The number of nitrogens with one attached hydrogen (secondary N) is 3. The number of sulfonamides is 1. The summed E-state index contributed by atoms with van der Waals surface area (Å²) in [4.78, 5) is 11.9. The molecule has 0 fully saturated rings. The fourth-order valence-corrected chi connectivity index (χ4v) is 3.55. The number of furan rings is 1. The smallest absolute Gasteiger partial charge is 0.263 e. The van der Waals surface area contributed by atoms with Gasteiger partial charge in [0.2, 0.25) is 5.91 Å². The van der Waals surface area contributed by atoms with Crippen LogP contribution in [0.5, 0.6) is 0 Å². The van der Waals surface area contributed by atoms with Gasteiger partial charge in [-0.05, 0) is 68.5 Å². The molecule has 3 rings (SSSR count). The van der Waals surface area contributed by atoms with E-state index in [1.807, 2.05) is 0 Å². The van der Waals surface area contributed by atoms with Crippen molar-refractivity contribution < 1.29 is 22.2 Å². The summed E-state index contributed by atoms with van der Waals surface area (Å²) in [7, 11) is -3.82. The Bertz CT molecular complexity index is 1190. The first-order valence-corrected chi connectivity index (χ1v) is 10.5. The summed E-state index contributed by atoms with van der Waals surface area (Å²) in [6, 6.07) is 10.8. The van der Waals surface area contributed by atoms with E-state index in [9.17, 15) is 13.2 Å². The van der Waals surface area contributed by atoms with Crippen LogP contribution in [-0.4, -0.2) is 24.6 Å². The highest BCUT2D eigenvalue weighted by Crippen LogP contribution is 2.18. The third-order valence-electron chi connectivity index (χ3n) is 3.69. The number of amides is 1. The standard InChI is InChI=1S/C19H18N4O5S2/c1-12-3-6-15(27-12)7-10-18(24)21-19(29)20-14-4-8-16(9-5-14)30(25,26)23-17-11-13(2)28-22-17/h3-11H,1-2H3,(H,22,23)(H2,20,21,24,29). The molecule has 0 atom stereocenters. The van der Waals surface area contributed by atoms with Gasteiger partial charge in [0.05, 0.1) is 4.90 Å². The van der Waals surface area contributed by atoms with Gasteiger partial charge in [-0.3, -0.25) is 14.8 Å². The van der Waals surface area contributed by atoms with E-state index in [1.165, 1.54) is 42.5 Å². The SMILES string of the molecule is Cc1cc(NS(=O)(=O)c2ccc(NC(=S)NC(=O)C=Cc3ccc(C)o3)cc2)no1. The van der Waals surface area contributed by atoms with E-state index >= 15 is 0 Å². The molecule has 2 aromatic heterocycles. The molecule has 0 radical (unpaired) electrons. The Labute approximate surface area is 178 Å². The lowest BCUT2D eigenvalue weighted by Gasteiger charge is -2.09. The van der Waals surface area contributed by atoms with Gasteiger partial charge in [0.1, 0.15) is 17.3 Å². The average Bonchev–Trinajstić information content (AvgIpc) is 3.27. The number of anilines is 2. The van der Waals surface area contributed by atoms with Crippen LogP contribution in [-0.2, 0) is 14.8 Å². The minimum Gasteiger partial charge on any atom is -0.462 e. The summed E-state index contributed by atoms with van der Waals surface area (Å²) in [6.45, 7) is 3.46. The van der Waals surface area contributed by atoms with E-state index in [0.717, 1.165) is 5.76 Å². The molecule has 11 heteroatoms. The van der Waals surface area contributed by atoms with E-state index in [1.54, 1.807) is 26.0 Å². The number of nitrogens with zero attached hydrogens (tertiary/aromatic N) is 1. The van der Waals surface area contributed by atoms with Gasteiger partial charge in [0, 0.05) is 17.8 Å². The topological polar surface area (TPSA) is 126 Å². The summed E-state index contributed by atoms with van der Waals surface area (Å²) < 4.78 is 37.2. The normalized spacial score (nSPS) is 11.4. The highest BCUT2D eigenvalue weighted by atomic mass is 32.2. The van der Waals surface area contributed by atoms with Crippen LogP contribution < -0.4 is 15.4 Å². The van der Waals surface area contributed by atoms with Crippen LogP contribution in [0.4, 0.5) is 11.5 Å². The van der Waals surface area contributed by atoms with Crippen LogP contribution in [0.15, 0.2) is 62.4 Å². The molecule has 0 aliphatic rings. The second kappa shape index (κ2) is 8.93. The summed E-state index contributed by atoms with van der Waals surface area (Å²) in [5.74, 6) is 1.43. The van der Waals surface area contributed by atoms with Crippen molar-refractivity contribution in [3.63, 3.8) is 0 Å². The Morgan fingerprint density at radius 2 is 1.83 bits per heavy atom. The number of carbonyl (C=O) groups excluding carboxylic acids is 1. The molecule has 0 bridgehead atoms. The number of rotatable bonds is 6. The number of carbonyl (C=O) groups is 1. The predicted octanol–water partition coefficient (Wildman–Crippen LogP) is 3.21. The van der Waals surface area contributed by atoms with Gasteiger partial charge in [-0.2, -0.15) is 0 Å². The maximum absolute atomic E-state index is 12.4. The quantitative estimate of drug-likeness (QED) is 0.389. The van der Waals surface area contributed by atoms with E-state index in [-0.39, 0.29) is 15.8 Å². The Hall–Kier alpha value is -3.44. The lowest BCUT2D eigenvalue weighted by atomic mass is 10.3. The highest BCUT2D eigenvalue weighted by molar-refractivity contribution is 7.92. The highest BCUT2D eigenvalue weighted by Gasteiger charge is 2.16. The Morgan fingerprint density at radius 1 is 1.10 bits per heavy atom. The minimum absolute atomic E-state index is 0.0281. The molecule has 30 heavy (non-hydrogen) atoms. The minimum atomic E-state index is -3.82. The van der Waals surface area contributed by atoms with Crippen molar-refractivity contribution in [2.75, 3.05) is 10.0 Å². The first-order valence-electron chi connectivity index (χ1n) is 8.64. The lowest BCUT2D eigenvalue weighted by molar-refractivity contribution is -0.115. The third-order valence-corrected chi connectivity index (χ3v) is 5.26.